The molecule has 1 heterocycles. The number of nitriles is 1. The van der Waals surface area contributed by atoms with Crippen LogP contribution in [0.2, 0.25) is 0 Å². The zero-order chi connectivity index (χ0) is 22.1. The molecule has 0 fully saturated rings. The van der Waals surface area contributed by atoms with E-state index < -0.39 is 17.8 Å². The maximum Gasteiger partial charge on any atom is 0.314 e. The Bertz CT molecular complexity index is 1090. The van der Waals surface area contributed by atoms with Crippen molar-refractivity contribution in [1.82, 2.24) is 0 Å². The number of nitrogens with zero attached hydrogens (tertiary/aromatic N) is 1. The third-order valence-electron chi connectivity index (χ3n) is 5.52. The van der Waals surface area contributed by atoms with Crippen LogP contribution in [0, 0.1) is 17.2 Å². The maximum absolute atomic E-state index is 12.8. The molecular formula is C23H21NO7. The minimum absolute atomic E-state index is 0.113. The Morgan fingerprint density at radius 1 is 1.00 bits per heavy atom. The van der Waals surface area contributed by atoms with Gasteiger partial charge in [-0.1, -0.05) is 0 Å². The molecule has 1 aliphatic carbocycles. The first-order valence-electron chi connectivity index (χ1n) is 9.49. The number of benzene rings is 2. The molecule has 2 atom stereocenters. The van der Waals surface area contributed by atoms with Crippen LogP contribution in [0.3, 0.4) is 0 Å². The number of esters is 1. The minimum Gasteiger partial charge on any atom is -0.493 e. The highest BCUT2D eigenvalue weighted by Gasteiger charge is 2.40. The molecule has 8 nitrogen and oxygen atoms in total. The lowest BCUT2D eigenvalue weighted by Gasteiger charge is -2.31. The lowest BCUT2D eigenvalue weighted by Crippen LogP contribution is -2.29. The van der Waals surface area contributed by atoms with Gasteiger partial charge in [0.1, 0.15) is 5.92 Å². The molecule has 0 unspecified atom stereocenters. The van der Waals surface area contributed by atoms with Crippen LogP contribution >= 0.6 is 0 Å². The van der Waals surface area contributed by atoms with E-state index in [1.165, 1.54) is 28.4 Å². The Labute approximate surface area is 179 Å². The number of hydrogen-bond donors (Lipinski definition) is 0. The molecule has 1 aliphatic heterocycles. The Morgan fingerprint density at radius 3 is 2.19 bits per heavy atom. The third-order valence-corrected chi connectivity index (χ3v) is 5.52. The average molecular weight is 423 g/mol. The lowest BCUT2D eigenvalue weighted by molar-refractivity contribution is -0.144. The number of carbonyl (C=O) groups is 1. The average Bonchev–Trinajstić information content (AvgIpc) is 3.27. The summed E-state index contributed by atoms with van der Waals surface area (Å²) in [5, 5.41) is 9.82. The molecule has 2 aromatic rings. The second-order valence-electron chi connectivity index (χ2n) is 6.98. The smallest absolute Gasteiger partial charge is 0.314 e. The van der Waals surface area contributed by atoms with Gasteiger partial charge in [-0.2, -0.15) is 5.26 Å². The van der Waals surface area contributed by atoms with Crippen LogP contribution in [0.4, 0.5) is 0 Å². The van der Waals surface area contributed by atoms with E-state index >= 15 is 0 Å². The molecule has 2 aromatic carbocycles. The topological polar surface area (TPSA) is 96.2 Å². The minimum atomic E-state index is -0.856. The van der Waals surface area contributed by atoms with Crippen molar-refractivity contribution in [1.29, 1.82) is 5.26 Å². The fraction of sp³-hybridized carbons (Fsp3) is 0.304. The van der Waals surface area contributed by atoms with E-state index in [1.807, 2.05) is 12.1 Å². The van der Waals surface area contributed by atoms with E-state index in [0.717, 1.165) is 11.1 Å². The van der Waals surface area contributed by atoms with Crippen LogP contribution in [0.5, 0.6) is 28.7 Å². The van der Waals surface area contributed by atoms with E-state index in [9.17, 15) is 10.1 Å². The van der Waals surface area contributed by atoms with Gasteiger partial charge in [0.15, 0.2) is 23.0 Å². The van der Waals surface area contributed by atoms with Gasteiger partial charge in [-0.3, -0.25) is 4.79 Å². The summed E-state index contributed by atoms with van der Waals surface area (Å²) in [6, 6.07) is 9.36. The summed E-state index contributed by atoms with van der Waals surface area (Å²) in [4.78, 5) is 12.8. The van der Waals surface area contributed by atoms with Crippen molar-refractivity contribution in [2.75, 3.05) is 35.2 Å². The molecule has 0 bridgehead atoms. The zero-order valence-corrected chi connectivity index (χ0v) is 17.6. The second kappa shape index (κ2) is 8.11. The second-order valence-corrected chi connectivity index (χ2v) is 6.98. The molecular weight excluding hydrogens is 402 g/mol. The molecule has 0 spiro atoms. The number of hydrogen-bond acceptors (Lipinski definition) is 8. The fourth-order valence-corrected chi connectivity index (χ4v) is 4.13. The van der Waals surface area contributed by atoms with Gasteiger partial charge in [0, 0.05) is 11.5 Å². The van der Waals surface area contributed by atoms with Crippen molar-refractivity contribution in [3.05, 3.63) is 46.5 Å². The summed E-state index contributed by atoms with van der Waals surface area (Å²) in [5.41, 5.74) is 2.55. The van der Waals surface area contributed by atoms with E-state index in [0.29, 0.717) is 34.3 Å². The molecule has 0 saturated heterocycles. The van der Waals surface area contributed by atoms with Crippen LogP contribution in [0.1, 0.15) is 22.6 Å². The number of carbonyl (C=O) groups excluding carboxylic acids is 1. The van der Waals surface area contributed by atoms with Gasteiger partial charge in [-0.15, -0.1) is 0 Å². The summed E-state index contributed by atoms with van der Waals surface area (Å²) in [6.45, 7) is 0.113. The Hall–Kier alpha value is -3.86. The number of fused-ring (bicyclic) bond motifs is 2. The molecule has 31 heavy (non-hydrogen) atoms. The van der Waals surface area contributed by atoms with Crippen LogP contribution in [0.25, 0.3) is 6.08 Å². The fourth-order valence-electron chi connectivity index (χ4n) is 4.13. The van der Waals surface area contributed by atoms with Crippen molar-refractivity contribution >= 4 is 12.0 Å². The predicted octanol–water partition coefficient (Wildman–Crippen LogP) is 3.28. The third kappa shape index (κ3) is 3.28. The van der Waals surface area contributed by atoms with Gasteiger partial charge in [0.25, 0.3) is 0 Å². The molecule has 160 valence electrons. The van der Waals surface area contributed by atoms with Crippen LogP contribution < -0.4 is 23.7 Å². The number of methoxy groups -OCH3 is 4. The summed E-state index contributed by atoms with van der Waals surface area (Å²) in [7, 11) is 5.86. The van der Waals surface area contributed by atoms with Gasteiger partial charge in [0.05, 0.1) is 34.5 Å². The normalized spacial score (nSPS) is 18.4. The van der Waals surface area contributed by atoms with Crippen molar-refractivity contribution in [2.24, 2.45) is 5.92 Å². The molecule has 0 amide bonds. The number of rotatable bonds is 5. The van der Waals surface area contributed by atoms with Gasteiger partial charge < -0.3 is 28.4 Å². The number of ether oxygens (including phenoxy) is 6. The summed E-state index contributed by atoms with van der Waals surface area (Å²) in [6.07, 6.45) is 1.69. The van der Waals surface area contributed by atoms with Gasteiger partial charge >= 0.3 is 5.97 Å². The van der Waals surface area contributed by atoms with Crippen LogP contribution in [-0.4, -0.2) is 41.2 Å². The van der Waals surface area contributed by atoms with E-state index in [2.05, 4.69) is 6.07 Å². The Balaban J connectivity index is 1.99. The van der Waals surface area contributed by atoms with Crippen molar-refractivity contribution in [3.63, 3.8) is 0 Å². The SMILES string of the molecule is COC(=O)[C@@H]1C(C#N)=Cc2cc3c(cc2[C@H]1c1cc(OC)c(OC)c(OC)c1)OCO3. The first kappa shape index (κ1) is 20.4. The highest BCUT2D eigenvalue weighted by Crippen LogP contribution is 2.50. The van der Waals surface area contributed by atoms with E-state index in [-0.39, 0.29) is 12.4 Å². The molecule has 0 saturated carbocycles. The Kier molecular flexibility index (Phi) is 5.34. The first-order chi connectivity index (χ1) is 15.1. The van der Waals surface area contributed by atoms with Gasteiger partial charge in [0.2, 0.25) is 12.5 Å². The zero-order valence-electron chi connectivity index (χ0n) is 17.6. The molecule has 2 aliphatic rings. The monoisotopic (exact) mass is 423 g/mol. The maximum atomic E-state index is 12.8. The van der Waals surface area contributed by atoms with Crippen molar-refractivity contribution in [3.8, 4) is 34.8 Å². The van der Waals surface area contributed by atoms with Crippen LogP contribution in [-0.2, 0) is 9.53 Å². The molecule has 0 N–H and O–H groups in total. The lowest BCUT2D eigenvalue weighted by atomic mass is 9.71. The largest absolute Gasteiger partial charge is 0.493 e. The van der Waals surface area contributed by atoms with E-state index in [4.69, 9.17) is 28.4 Å². The molecule has 8 heteroatoms. The molecule has 4 rings (SSSR count). The summed E-state index contributed by atoms with van der Waals surface area (Å²) >= 11 is 0. The van der Waals surface area contributed by atoms with Gasteiger partial charge in [-0.25, -0.2) is 0 Å². The predicted molar refractivity (Wildman–Crippen MR) is 110 cm³/mol. The quantitative estimate of drug-likeness (QED) is 0.676. The van der Waals surface area contributed by atoms with Crippen molar-refractivity contribution in [2.45, 2.75) is 5.92 Å². The highest BCUT2D eigenvalue weighted by atomic mass is 16.7. The van der Waals surface area contributed by atoms with Gasteiger partial charge in [-0.05, 0) is 47.0 Å². The Morgan fingerprint density at radius 2 is 1.65 bits per heavy atom. The van der Waals surface area contributed by atoms with Crippen molar-refractivity contribution < 1.29 is 33.2 Å². The van der Waals surface area contributed by atoms with Crippen LogP contribution in [0.15, 0.2) is 29.8 Å². The first-order valence-corrected chi connectivity index (χ1v) is 9.49. The standard InChI is InChI=1S/C23H21NO7/c1-26-18-7-13(8-19(27-2)22(18)28-3)20-15-9-17-16(30-11-31-17)6-12(15)5-14(10-24)21(20)23(25)29-4/h5-9,20-21H,11H2,1-4H3/t20-,21-/m1/s1. The molecule has 0 aromatic heterocycles. The summed E-state index contributed by atoms with van der Waals surface area (Å²) in [5.74, 6) is 0.555. The van der Waals surface area contributed by atoms with E-state index in [1.54, 1.807) is 18.2 Å². The highest BCUT2D eigenvalue weighted by molar-refractivity contribution is 5.85. The molecule has 0 radical (unpaired) electrons. The summed E-state index contributed by atoms with van der Waals surface area (Å²) < 4.78 is 32.5.